The molecule has 0 bridgehead atoms. The van der Waals surface area contributed by atoms with Gasteiger partial charge in [0, 0.05) is 6.42 Å². The van der Waals surface area contributed by atoms with E-state index in [1.807, 2.05) is 0 Å². The monoisotopic (exact) mass is 139 g/mol. The van der Waals surface area contributed by atoms with E-state index >= 15 is 0 Å². The van der Waals surface area contributed by atoms with Crippen LogP contribution in [0, 0.1) is 12.3 Å². The molecule has 0 fully saturated rings. The van der Waals surface area contributed by atoms with Crippen molar-refractivity contribution in [3.05, 3.63) is 6.43 Å². The van der Waals surface area contributed by atoms with E-state index in [1.54, 1.807) is 6.92 Å². The summed E-state index contributed by atoms with van der Waals surface area (Å²) in [5.74, 6) is -0.230. The standard InChI is InChI=1S/C6H10F3/c1-5(4-7)2-3-6(8)9/h5H,2-4H2,1H3. The lowest BCUT2D eigenvalue weighted by Crippen LogP contribution is -1.97. The van der Waals surface area contributed by atoms with E-state index in [9.17, 15) is 13.2 Å². The molecule has 0 aromatic carbocycles. The lowest BCUT2D eigenvalue weighted by atomic mass is 10.1. The van der Waals surface area contributed by atoms with Crippen molar-refractivity contribution in [2.24, 2.45) is 5.92 Å². The zero-order valence-corrected chi connectivity index (χ0v) is 5.33. The highest BCUT2D eigenvalue weighted by molar-refractivity contribution is 4.62. The number of alkyl halides is 1. The molecule has 0 aliphatic heterocycles. The fraction of sp³-hybridized carbons (Fsp3) is 0.833. The second kappa shape index (κ2) is 4.65. The summed E-state index contributed by atoms with van der Waals surface area (Å²) in [5, 5.41) is 0. The number of rotatable bonds is 4. The molecule has 0 saturated carbocycles. The second-order valence-electron chi connectivity index (χ2n) is 2.14. The van der Waals surface area contributed by atoms with E-state index in [0.29, 0.717) is 0 Å². The van der Waals surface area contributed by atoms with Gasteiger partial charge in [0.1, 0.15) is 0 Å². The topological polar surface area (TPSA) is 0 Å². The highest BCUT2D eigenvalue weighted by Gasteiger charge is 2.08. The average Bonchev–Trinajstić information content (AvgIpc) is 1.83. The maximum atomic E-state index is 11.6. The Balaban J connectivity index is 3.06. The minimum absolute atomic E-state index is 0.230. The Kier molecular flexibility index (Phi) is 4.54. The molecule has 0 saturated heterocycles. The fourth-order valence-corrected chi connectivity index (χ4v) is 0.433. The van der Waals surface area contributed by atoms with Crippen molar-refractivity contribution >= 4 is 0 Å². The molecule has 0 spiro atoms. The van der Waals surface area contributed by atoms with Crippen LogP contribution in [0.5, 0.6) is 0 Å². The summed E-state index contributed by atoms with van der Waals surface area (Å²) in [6, 6.07) is 0. The summed E-state index contributed by atoms with van der Waals surface area (Å²) in [6.07, 6.45) is -1.61. The zero-order chi connectivity index (χ0) is 7.28. The highest BCUT2D eigenvalue weighted by atomic mass is 19.3. The first-order valence-electron chi connectivity index (χ1n) is 2.89. The van der Waals surface area contributed by atoms with Crippen LogP contribution < -0.4 is 0 Å². The van der Waals surface area contributed by atoms with Gasteiger partial charge in [0.15, 0.2) is 0 Å². The van der Waals surface area contributed by atoms with Crippen molar-refractivity contribution in [2.75, 3.05) is 6.67 Å². The third kappa shape index (κ3) is 5.66. The molecule has 0 N–H and O–H groups in total. The van der Waals surface area contributed by atoms with E-state index < -0.39 is 13.1 Å². The predicted octanol–water partition coefficient (Wildman–Crippen LogP) is 2.80. The lowest BCUT2D eigenvalue weighted by molar-refractivity contribution is 0.246. The van der Waals surface area contributed by atoms with Gasteiger partial charge in [-0.2, -0.15) is 8.78 Å². The maximum absolute atomic E-state index is 11.6. The first kappa shape index (κ1) is 8.79. The second-order valence-corrected chi connectivity index (χ2v) is 2.14. The van der Waals surface area contributed by atoms with Crippen LogP contribution in [0.4, 0.5) is 13.2 Å². The molecule has 0 rings (SSSR count). The summed E-state index contributed by atoms with van der Waals surface area (Å²) in [7, 11) is 0. The van der Waals surface area contributed by atoms with Gasteiger partial charge in [-0.25, -0.2) is 0 Å². The van der Waals surface area contributed by atoms with Crippen molar-refractivity contribution in [3.63, 3.8) is 0 Å². The summed E-state index contributed by atoms with van der Waals surface area (Å²) < 4.78 is 34.2. The molecule has 0 amide bonds. The Morgan fingerprint density at radius 3 is 2.33 bits per heavy atom. The highest BCUT2D eigenvalue weighted by Crippen LogP contribution is 2.16. The minimum atomic E-state index is -1.60. The molecule has 9 heavy (non-hydrogen) atoms. The van der Waals surface area contributed by atoms with Crippen molar-refractivity contribution < 1.29 is 13.2 Å². The quantitative estimate of drug-likeness (QED) is 0.561. The Morgan fingerprint density at radius 1 is 1.44 bits per heavy atom. The van der Waals surface area contributed by atoms with Crippen molar-refractivity contribution in [3.8, 4) is 0 Å². The molecule has 0 aromatic rings. The van der Waals surface area contributed by atoms with Gasteiger partial charge in [0.2, 0.25) is 0 Å². The Bertz CT molecular complexity index is 63.3. The molecule has 1 unspecified atom stereocenters. The van der Waals surface area contributed by atoms with E-state index in [-0.39, 0.29) is 18.8 Å². The van der Waals surface area contributed by atoms with Gasteiger partial charge in [-0.3, -0.25) is 4.39 Å². The summed E-state index contributed by atoms with van der Waals surface area (Å²) in [6.45, 7) is 1.11. The molecule has 0 aromatic heterocycles. The van der Waals surface area contributed by atoms with Gasteiger partial charge in [-0.15, -0.1) is 0 Å². The van der Waals surface area contributed by atoms with Crippen molar-refractivity contribution in [2.45, 2.75) is 19.8 Å². The molecule has 55 valence electrons. The normalized spacial score (nSPS) is 14.3. The molecule has 0 aliphatic rings. The van der Waals surface area contributed by atoms with Crippen LogP contribution in [0.1, 0.15) is 19.8 Å². The van der Waals surface area contributed by atoms with Gasteiger partial charge in [-0.05, 0) is 12.3 Å². The predicted molar refractivity (Wildman–Crippen MR) is 29.8 cm³/mol. The molecule has 0 aliphatic carbocycles. The van der Waals surface area contributed by atoms with E-state index in [1.165, 1.54) is 0 Å². The fourth-order valence-electron chi connectivity index (χ4n) is 0.433. The molecule has 3 heteroatoms. The van der Waals surface area contributed by atoms with Crippen LogP contribution in [-0.2, 0) is 0 Å². The van der Waals surface area contributed by atoms with E-state index in [0.717, 1.165) is 0 Å². The van der Waals surface area contributed by atoms with Gasteiger partial charge in [-0.1, -0.05) is 6.92 Å². The van der Waals surface area contributed by atoms with E-state index in [4.69, 9.17) is 0 Å². The molecule has 1 atom stereocenters. The summed E-state index contributed by atoms with van der Waals surface area (Å²) >= 11 is 0. The van der Waals surface area contributed by atoms with Gasteiger partial charge < -0.3 is 0 Å². The smallest absolute Gasteiger partial charge is 0.251 e. The minimum Gasteiger partial charge on any atom is -0.251 e. The molecule has 0 nitrogen and oxygen atoms in total. The molecule has 0 heterocycles. The summed E-state index contributed by atoms with van der Waals surface area (Å²) in [5.41, 5.74) is 0. The Morgan fingerprint density at radius 2 is 2.00 bits per heavy atom. The first-order valence-corrected chi connectivity index (χ1v) is 2.89. The van der Waals surface area contributed by atoms with Crippen LogP contribution in [0.25, 0.3) is 0 Å². The molecular weight excluding hydrogens is 129 g/mol. The van der Waals surface area contributed by atoms with Crippen LogP contribution in [-0.4, -0.2) is 6.67 Å². The zero-order valence-electron chi connectivity index (χ0n) is 5.33. The van der Waals surface area contributed by atoms with Crippen LogP contribution in [0.2, 0.25) is 0 Å². The van der Waals surface area contributed by atoms with Gasteiger partial charge in [0.05, 0.1) is 6.67 Å². The first-order chi connectivity index (χ1) is 4.16. The molecular formula is C6H10F3. The van der Waals surface area contributed by atoms with Gasteiger partial charge >= 0.3 is 6.43 Å². The third-order valence-corrected chi connectivity index (χ3v) is 1.09. The average molecular weight is 139 g/mol. The molecule has 1 radical (unpaired) electrons. The van der Waals surface area contributed by atoms with Crippen molar-refractivity contribution in [1.82, 2.24) is 0 Å². The van der Waals surface area contributed by atoms with Crippen LogP contribution in [0.15, 0.2) is 0 Å². The third-order valence-electron chi connectivity index (χ3n) is 1.09. The largest absolute Gasteiger partial charge is 0.310 e. The maximum Gasteiger partial charge on any atom is 0.310 e. The SMILES string of the molecule is CC(CF)CC[C](F)F. The van der Waals surface area contributed by atoms with Gasteiger partial charge in [0.25, 0.3) is 0 Å². The number of hydrogen-bond donors (Lipinski definition) is 0. The van der Waals surface area contributed by atoms with Crippen molar-refractivity contribution in [1.29, 1.82) is 0 Å². The lowest BCUT2D eigenvalue weighted by Gasteiger charge is -2.02. The number of hydrogen-bond acceptors (Lipinski definition) is 0. The Hall–Kier alpha value is -0.210. The van der Waals surface area contributed by atoms with Crippen LogP contribution in [0.3, 0.4) is 0 Å². The van der Waals surface area contributed by atoms with E-state index in [2.05, 4.69) is 0 Å². The summed E-state index contributed by atoms with van der Waals surface area (Å²) in [4.78, 5) is 0. The van der Waals surface area contributed by atoms with Crippen LogP contribution >= 0.6 is 0 Å². The number of halogens is 3. The Labute approximate surface area is 53.1 Å².